The van der Waals surface area contributed by atoms with E-state index in [1.54, 1.807) is 0 Å². The fourth-order valence-corrected chi connectivity index (χ4v) is 3.86. The van der Waals surface area contributed by atoms with Gasteiger partial charge >= 0.3 is 0 Å². The molecule has 3 aromatic carbocycles. The number of rotatable bonds is 2. The second-order valence-electron chi connectivity index (χ2n) is 6.02. The number of aryl methyl sites for hydroxylation is 1. The van der Waals surface area contributed by atoms with Gasteiger partial charge in [0.1, 0.15) is 0 Å². The Bertz CT molecular complexity index is 907. The SMILES string of the molecule is [N-]=[N+]=NCC1CCCc2ccc3c(ccc4ccccc43)c21. The highest BCUT2D eigenvalue weighted by molar-refractivity contribution is 6.08. The minimum atomic E-state index is 0.351. The highest BCUT2D eigenvalue weighted by Gasteiger charge is 2.22. The average molecular weight is 287 g/mol. The number of benzene rings is 3. The van der Waals surface area contributed by atoms with Crippen LogP contribution in [0.1, 0.15) is 29.9 Å². The van der Waals surface area contributed by atoms with Crippen LogP contribution in [0.15, 0.2) is 53.6 Å². The van der Waals surface area contributed by atoms with Crippen molar-refractivity contribution in [1.29, 1.82) is 0 Å². The number of fused-ring (bicyclic) bond motifs is 5. The predicted octanol–water partition coefficient (Wildman–Crippen LogP) is 5.72. The highest BCUT2D eigenvalue weighted by Crippen LogP contribution is 2.39. The normalized spacial score (nSPS) is 17.2. The summed E-state index contributed by atoms with van der Waals surface area (Å²) < 4.78 is 0. The fraction of sp³-hybridized carbons (Fsp3) is 0.263. The molecule has 0 aromatic heterocycles. The fourth-order valence-electron chi connectivity index (χ4n) is 3.86. The first-order valence-electron chi connectivity index (χ1n) is 7.82. The molecule has 0 radical (unpaired) electrons. The van der Waals surface area contributed by atoms with Crippen molar-refractivity contribution < 1.29 is 0 Å². The lowest BCUT2D eigenvalue weighted by Crippen LogP contribution is -2.12. The highest BCUT2D eigenvalue weighted by atomic mass is 15.1. The molecule has 0 saturated carbocycles. The van der Waals surface area contributed by atoms with Crippen molar-refractivity contribution in [2.45, 2.75) is 25.2 Å². The topological polar surface area (TPSA) is 48.8 Å². The zero-order chi connectivity index (χ0) is 14.9. The largest absolute Gasteiger partial charge is 0.0933 e. The minimum Gasteiger partial charge on any atom is -0.0933 e. The summed E-state index contributed by atoms with van der Waals surface area (Å²) in [6.45, 7) is 0.565. The molecule has 0 fully saturated rings. The van der Waals surface area contributed by atoms with Crippen LogP contribution in [0, 0.1) is 0 Å². The van der Waals surface area contributed by atoms with E-state index >= 15 is 0 Å². The average Bonchev–Trinajstić information content (AvgIpc) is 2.59. The van der Waals surface area contributed by atoms with Crippen LogP contribution in [0.4, 0.5) is 0 Å². The van der Waals surface area contributed by atoms with Gasteiger partial charge in [-0.1, -0.05) is 53.6 Å². The van der Waals surface area contributed by atoms with Gasteiger partial charge in [-0.2, -0.15) is 0 Å². The lowest BCUT2D eigenvalue weighted by atomic mass is 9.79. The molecule has 0 N–H and O–H groups in total. The predicted molar refractivity (Wildman–Crippen MR) is 91.1 cm³/mol. The van der Waals surface area contributed by atoms with Gasteiger partial charge in [0, 0.05) is 11.5 Å². The van der Waals surface area contributed by atoms with Gasteiger partial charge in [-0.05, 0) is 63.4 Å². The van der Waals surface area contributed by atoms with Gasteiger partial charge < -0.3 is 0 Å². The zero-order valence-electron chi connectivity index (χ0n) is 12.4. The molecule has 0 saturated heterocycles. The van der Waals surface area contributed by atoms with E-state index in [-0.39, 0.29) is 0 Å². The van der Waals surface area contributed by atoms with E-state index in [1.807, 2.05) is 0 Å². The van der Waals surface area contributed by atoms with Crippen LogP contribution < -0.4 is 0 Å². The smallest absolute Gasteiger partial charge is 0.0327 e. The van der Waals surface area contributed by atoms with Crippen LogP contribution in [0.5, 0.6) is 0 Å². The Morgan fingerprint density at radius 1 is 1.00 bits per heavy atom. The van der Waals surface area contributed by atoms with Crippen LogP contribution in [0.25, 0.3) is 32.0 Å². The summed E-state index contributed by atoms with van der Waals surface area (Å²) in [5, 5.41) is 9.06. The Labute approximate surface area is 129 Å². The molecule has 22 heavy (non-hydrogen) atoms. The maximum Gasteiger partial charge on any atom is 0.0327 e. The Kier molecular flexibility index (Phi) is 3.21. The Hall–Kier alpha value is -2.51. The third kappa shape index (κ3) is 2.02. The van der Waals surface area contributed by atoms with Gasteiger partial charge in [0.05, 0.1) is 0 Å². The van der Waals surface area contributed by atoms with E-state index in [2.05, 4.69) is 58.6 Å². The van der Waals surface area contributed by atoms with Gasteiger partial charge in [0.25, 0.3) is 0 Å². The van der Waals surface area contributed by atoms with E-state index in [0.717, 1.165) is 12.8 Å². The van der Waals surface area contributed by atoms with Gasteiger partial charge in [0.2, 0.25) is 0 Å². The van der Waals surface area contributed by atoms with Gasteiger partial charge in [-0.3, -0.25) is 0 Å². The summed E-state index contributed by atoms with van der Waals surface area (Å²) in [4.78, 5) is 2.96. The van der Waals surface area contributed by atoms with Crippen molar-refractivity contribution in [3.05, 3.63) is 70.1 Å². The number of nitrogens with zero attached hydrogens (tertiary/aromatic N) is 3. The third-order valence-electron chi connectivity index (χ3n) is 4.83. The first-order chi connectivity index (χ1) is 10.9. The van der Waals surface area contributed by atoms with Crippen LogP contribution in [-0.2, 0) is 6.42 Å². The van der Waals surface area contributed by atoms with E-state index < -0.39 is 0 Å². The molecule has 1 aliphatic carbocycles. The molecule has 3 aromatic rings. The van der Waals surface area contributed by atoms with Crippen LogP contribution in [0.3, 0.4) is 0 Å². The second kappa shape index (κ2) is 5.36. The Morgan fingerprint density at radius 2 is 1.86 bits per heavy atom. The van der Waals surface area contributed by atoms with E-state index in [0.29, 0.717) is 12.5 Å². The summed E-state index contributed by atoms with van der Waals surface area (Å²) in [7, 11) is 0. The van der Waals surface area contributed by atoms with Crippen molar-refractivity contribution in [1.82, 2.24) is 0 Å². The summed E-state index contributed by atoms with van der Waals surface area (Å²) >= 11 is 0. The van der Waals surface area contributed by atoms with E-state index in [1.165, 1.54) is 39.1 Å². The summed E-state index contributed by atoms with van der Waals surface area (Å²) in [6, 6.07) is 17.5. The monoisotopic (exact) mass is 287 g/mol. The molecule has 4 rings (SSSR count). The van der Waals surface area contributed by atoms with Crippen molar-refractivity contribution in [2.24, 2.45) is 5.11 Å². The quantitative estimate of drug-likeness (QED) is 0.250. The molecular formula is C19H17N3. The standard InChI is InChI=1S/C19H17N3/c20-22-21-12-15-6-3-5-14-9-10-17-16-7-2-1-4-13(16)8-11-18(17)19(14)15/h1-2,4,7-11,15H,3,5-6,12H2. The van der Waals surface area contributed by atoms with Crippen molar-refractivity contribution >= 4 is 21.5 Å². The molecule has 0 bridgehead atoms. The lowest BCUT2D eigenvalue weighted by Gasteiger charge is -2.26. The van der Waals surface area contributed by atoms with Gasteiger partial charge in [-0.15, -0.1) is 0 Å². The molecule has 0 amide bonds. The summed E-state index contributed by atoms with van der Waals surface area (Å²) in [6.07, 6.45) is 3.42. The van der Waals surface area contributed by atoms with E-state index in [4.69, 9.17) is 5.53 Å². The van der Waals surface area contributed by atoms with E-state index in [9.17, 15) is 0 Å². The second-order valence-corrected chi connectivity index (χ2v) is 6.02. The molecule has 3 heteroatoms. The van der Waals surface area contributed by atoms with Crippen LogP contribution in [-0.4, -0.2) is 6.54 Å². The van der Waals surface area contributed by atoms with Crippen molar-refractivity contribution in [2.75, 3.05) is 6.54 Å². The Balaban J connectivity index is 2.01. The first-order valence-corrected chi connectivity index (χ1v) is 7.82. The molecular weight excluding hydrogens is 270 g/mol. The Morgan fingerprint density at radius 3 is 2.77 bits per heavy atom. The molecule has 1 unspecified atom stereocenters. The summed E-state index contributed by atoms with van der Waals surface area (Å²) in [5.74, 6) is 0.351. The molecule has 0 aliphatic heterocycles. The molecule has 1 aliphatic rings. The maximum absolute atomic E-state index is 8.66. The zero-order valence-corrected chi connectivity index (χ0v) is 12.4. The molecule has 0 spiro atoms. The third-order valence-corrected chi connectivity index (χ3v) is 4.83. The molecule has 0 heterocycles. The van der Waals surface area contributed by atoms with Crippen molar-refractivity contribution in [3.8, 4) is 0 Å². The maximum atomic E-state index is 8.66. The number of hydrogen-bond donors (Lipinski definition) is 0. The minimum absolute atomic E-state index is 0.351. The summed E-state index contributed by atoms with van der Waals surface area (Å²) in [5.41, 5.74) is 11.5. The molecule has 1 atom stereocenters. The molecule has 108 valence electrons. The van der Waals surface area contributed by atoms with Crippen LogP contribution in [0.2, 0.25) is 0 Å². The number of hydrogen-bond acceptors (Lipinski definition) is 1. The lowest BCUT2D eigenvalue weighted by molar-refractivity contribution is 0.564. The first kappa shape index (κ1) is 13.2. The number of azide groups is 1. The van der Waals surface area contributed by atoms with Gasteiger partial charge in [-0.25, -0.2) is 0 Å². The van der Waals surface area contributed by atoms with Crippen molar-refractivity contribution in [3.63, 3.8) is 0 Å². The molecule has 3 nitrogen and oxygen atoms in total. The van der Waals surface area contributed by atoms with Crippen LogP contribution >= 0.6 is 0 Å². The van der Waals surface area contributed by atoms with Gasteiger partial charge in [0.15, 0.2) is 0 Å².